The molecule has 1 aliphatic carbocycles. The predicted molar refractivity (Wildman–Crippen MR) is 55.1 cm³/mol. The van der Waals surface area contributed by atoms with E-state index < -0.39 is 17.9 Å². The lowest BCUT2D eigenvalue weighted by atomic mass is 10.0. The number of aromatic hydroxyl groups is 1. The van der Waals surface area contributed by atoms with Crippen LogP contribution >= 0.6 is 11.6 Å². The molecule has 88 valence electrons. The van der Waals surface area contributed by atoms with E-state index in [0.29, 0.717) is 0 Å². The van der Waals surface area contributed by atoms with Crippen molar-refractivity contribution in [3.8, 4) is 11.5 Å². The second-order valence-corrected chi connectivity index (χ2v) is 4.29. The van der Waals surface area contributed by atoms with E-state index in [1.165, 1.54) is 19.2 Å². The minimum absolute atomic E-state index is 0.0371. The zero-order valence-corrected chi connectivity index (χ0v) is 9.18. The van der Waals surface area contributed by atoms with Gasteiger partial charge in [-0.05, 0) is 6.07 Å². The number of nitrogens with two attached hydrogens (primary N) is 1. The topological polar surface area (TPSA) is 55.5 Å². The molecule has 0 aromatic heterocycles. The van der Waals surface area contributed by atoms with Gasteiger partial charge in [-0.3, -0.25) is 0 Å². The maximum Gasteiger partial charge on any atom is 0.272 e. The van der Waals surface area contributed by atoms with E-state index in [4.69, 9.17) is 22.1 Å². The number of phenolic OH excluding ortho intramolecular Hbond substituents is 1. The van der Waals surface area contributed by atoms with Crippen LogP contribution in [0.15, 0.2) is 12.1 Å². The van der Waals surface area contributed by atoms with Gasteiger partial charge in [0.1, 0.15) is 5.54 Å². The van der Waals surface area contributed by atoms with E-state index in [9.17, 15) is 13.9 Å². The van der Waals surface area contributed by atoms with E-state index >= 15 is 0 Å². The van der Waals surface area contributed by atoms with Crippen molar-refractivity contribution in [2.75, 3.05) is 7.11 Å². The van der Waals surface area contributed by atoms with Crippen molar-refractivity contribution >= 4 is 11.6 Å². The minimum atomic E-state index is -3.01. The molecule has 1 fully saturated rings. The number of methoxy groups -OCH3 is 1. The second kappa shape index (κ2) is 3.21. The number of benzene rings is 1. The van der Waals surface area contributed by atoms with Gasteiger partial charge in [-0.2, -0.15) is 0 Å². The standard InChI is InChI=1S/C10H10ClF2NO2/c1-16-7-3-5(11)2-6(8(7)15)9(14)4-10(9,12)13/h2-3,15H,4,14H2,1H3. The summed E-state index contributed by atoms with van der Waals surface area (Å²) < 4.78 is 31.0. The average Bonchev–Trinajstić information content (AvgIpc) is 2.70. The largest absolute Gasteiger partial charge is 0.504 e. The first-order valence-corrected chi connectivity index (χ1v) is 4.93. The van der Waals surface area contributed by atoms with Crippen LogP contribution in [0.1, 0.15) is 12.0 Å². The minimum Gasteiger partial charge on any atom is -0.504 e. The smallest absolute Gasteiger partial charge is 0.272 e. The lowest BCUT2D eigenvalue weighted by Gasteiger charge is -2.15. The molecule has 1 atom stereocenters. The molecule has 0 bridgehead atoms. The van der Waals surface area contributed by atoms with Crippen LogP contribution in [0.5, 0.6) is 11.5 Å². The number of phenols is 1. The van der Waals surface area contributed by atoms with Gasteiger partial charge >= 0.3 is 0 Å². The van der Waals surface area contributed by atoms with Gasteiger partial charge in [0.25, 0.3) is 5.92 Å². The molecular formula is C10H10ClF2NO2. The zero-order chi connectivity index (χ0) is 12.1. The molecule has 1 aromatic rings. The predicted octanol–water partition coefficient (Wildman–Crippen LogP) is 2.25. The fourth-order valence-electron chi connectivity index (χ4n) is 1.67. The zero-order valence-electron chi connectivity index (χ0n) is 8.43. The van der Waals surface area contributed by atoms with Crippen LogP contribution in [-0.2, 0) is 5.54 Å². The Morgan fingerprint density at radius 1 is 1.50 bits per heavy atom. The fraction of sp³-hybridized carbons (Fsp3) is 0.400. The summed E-state index contributed by atoms with van der Waals surface area (Å²) in [4.78, 5) is 0. The summed E-state index contributed by atoms with van der Waals surface area (Å²) in [5.74, 6) is -3.36. The van der Waals surface area contributed by atoms with E-state index in [1.54, 1.807) is 0 Å². The highest BCUT2D eigenvalue weighted by Gasteiger charge is 2.71. The summed E-state index contributed by atoms with van der Waals surface area (Å²) >= 11 is 5.74. The van der Waals surface area contributed by atoms with Crippen molar-refractivity contribution in [3.63, 3.8) is 0 Å². The van der Waals surface area contributed by atoms with Gasteiger partial charge < -0.3 is 15.6 Å². The summed E-state index contributed by atoms with van der Waals surface area (Å²) in [5, 5.41) is 9.92. The number of halogens is 3. The van der Waals surface area contributed by atoms with Gasteiger partial charge in [-0.15, -0.1) is 0 Å². The van der Waals surface area contributed by atoms with E-state index in [1.807, 2.05) is 0 Å². The molecule has 3 nitrogen and oxygen atoms in total. The quantitative estimate of drug-likeness (QED) is 0.845. The first-order chi connectivity index (χ1) is 7.32. The highest BCUT2D eigenvalue weighted by molar-refractivity contribution is 6.30. The number of rotatable bonds is 2. The summed E-state index contributed by atoms with van der Waals surface area (Å²) in [7, 11) is 1.31. The SMILES string of the molecule is COc1cc(Cl)cc(C2(N)CC2(F)F)c1O. The highest BCUT2D eigenvalue weighted by Crippen LogP contribution is 2.60. The molecule has 1 saturated carbocycles. The molecule has 1 aromatic carbocycles. The molecular weight excluding hydrogens is 240 g/mol. The summed E-state index contributed by atoms with van der Waals surface area (Å²) in [5.41, 5.74) is 3.60. The second-order valence-electron chi connectivity index (χ2n) is 3.86. The Morgan fingerprint density at radius 3 is 2.50 bits per heavy atom. The molecule has 0 amide bonds. The van der Waals surface area contributed by atoms with E-state index in [-0.39, 0.29) is 22.1 Å². The summed E-state index contributed by atoms with van der Waals surface area (Å²) in [6, 6.07) is 2.57. The van der Waals surface area contributed by atoms with Crippen LogP contribution in [0.3, 0.4) is 0 Å². The Labute approximate surface area is 95.8 Å². The average molecular weight is 250 g/mol. The van der Waals surface area contributed by atoms with Gasteiger partial charge in [0.05, 0.1) is 7.11 Å². The lowest BCUT2D eigenvalue weighted by Crippen LogP contribution is -2.27. The van der Waals surface area contributed by atoms with Crippen LogP contribution in [-0.4, -0.2) is 18.1 Å². The Morgan fingerprint density at radius 2 is 2.06 bits per heavy atom. The van der Waals surface area contributed by atoms with Crippen molar-refractivity contribution in [1.82, 2.24) is 0 Å². The van der Waals surface area contributed by atoms with Gasteiger partial charge in [0.15, 0.2) is 11.5 Å². The van der Waals surface area contributed by atoms with Crippen LogP contribution in [0.2, 0.25) is 5.02 Å². The van der Waals surface area contributed by atoms with E-state index in [2.05, 4.69) is 0 Å². The van der Waals surface area contributed by atoms with Gasteiger partial charge in [0.2, 0.25) is 0 Å². The maximum atomic E-state index is 13.1. The number of ether oxygens (including phenoxy) is 1. The van der Waals surface area contributed by atoms with Gasteiger partial charge in [-0.1, -0.05) is 11.6 Å². The van der Waals surface area contributed by atoms with Crippen LogP contribution in [0, 0.1) is 0 Å². The van der Waals surface area contributed by atoms with E-state index in [0.717, 1.165) is 0 Å². The van der Waals surface area contributed by atoms with Crippen molar-refractivity contribution in [2.45, 2.75) is 17.9 Å². The third-order valence-corrected chi connectivity index (χ3v) is 2.99. The van der Waals surface area contributed by atoms with Crippen molar-refractivity contribution in [2.24, 2.45) is 5.73 Å². The fourth-order valence-corrected chi connectivity index (χ4v) is 1.88. The van der Waals surface area contributed by atoms with Crippen LogP contribution < -0.4 is 10.5 Å². The molecule has 1 aliphatic rings. The number of alkyl halides is 2. The lowest BCUT2D eigenvalue weighted by molar-refractivity contribution is 0.0883. The summed E-state index contributed by atoms with van der Waals surface area (Å²) in [6.45, 7) is 0. The molecule has 1 unspecified atom stereocenters. The molecule has 3 N–H and O–H groups in total. The highest BCUT2D eigenvalue weighted by atomic mass is 35.5. The molecule has 0 heterocycles. The first kappa shape index (κ1) is 11.4. The third-order valence-electron chi connectivity index (χ3n) is 2.77. The van der Waals surface area contributed by atoms with Crippen molar-refractivity contribution < 1.29 is 18.6 Å². The normalized spacial score (nSPS) is 26.6. The van der Waals surface area contributed by atoms with Crippen LogP contribution in [0.25, 0.3) is 0 Å². The monoisotopic (exact) mass is 249 g/mol. The Hall–Kier alpha value is -1.07. The molecule has 2 rings (SSSR count). The number of hydrogen-bond donors (Lipinski definition) is 2. The maximum absolute atomic E-state index is 13.1. The molecule has 0 aliphatic heterocycles. The molecule has 0 radical (unpaired) electrons. The molecule has 6 heteroatoms. The Bertz CT molecular complexity index is 453. The van der Waals surface area contributed by atoms with Crippen molar-refractivity contribution in [1.29, 1.82) is 0 Å². The Balaban J connectivity index is 2.54. The van der Waals surface area contributed by atoms with Gasteiger partial charge in [-0.25, -0.2) is 8.78 Å². The van der Waals surface area contributed by atoms with Crippen LogP contribution in [0.4, 0.5) is 8.78 Å². The molecule has 0 saturated heterocycles. The Kier molecular flexibility index (Phi) is 2.29. The molecule has 0 spiro atoms. The van der Waals surface area contributed by atoms with Gasteiger partial charge in [0, 0.05) is 23.1 Å². The third kappa shape index (κ3) is 1.43. The molecule has 16 heavy (non-hydrogen) atoms. The summed E-state index contributed by atoms with van der Waals surface area (Å²) in [6.07, 6.45) is -0.503. The first-order valence-electron chi connectivity index (χ1n) is 4.55. The number of hydrogen-bond acceptors (Lipinski definition) is 3. The van der Waals surface area contributed by atoms with Crippen molar-refractivity contribution in [3.05, 3.63) is 22.7 Å².